The van der Waals surface area contributed by atoms with E-state index in [-0.39, 0.29) is 5.78 Å². The van der Waals surface area contributed by atoms with Crippen LogP contribution in [0.4, 0.5) is 5.69 Å². The first-order valence-corrected chi connectivity index (χ1v) is 7.95. The summed E-state index contributed by atoms with van der Waals surface area (Å²) in [4.78, 5) is 14.1. The highest BCUT2D eigenvalue weighted by Gasteiger charge is 2.05. The van der Waals surface area contributed by atoms with Crippen LogP contribution in [0.15, 0.2) is 24.3 Å². The van der Waals surface area contributed by atoms with Gasteiger partial charge in [-0.2, -0.15) is 0 Å². The van der Waals surface area contributed by atoms with Crippen molar-refractivity contribution in [2.75, 3.05) is 19.0 Å². The van der Waals surface area contributed by atoms with E-state index in [1.54, 1.807) is 0 Å². The maximum atomic E-state index is 12.0. The molecule has 2 nitrogen and oxygen atoms in total. The second-order valence-corrected chi connectivity index (χ2v) is 5.74. The number of Topliss-reactive ketones (excluding diaryl/α,β-unsaturated/α-hetero) is 1. The first kappa shape index (κ1) is 16.7. The molecule has 1 aromatic carbocycles. The van der Waals surface area contributed by atoms with Crippen LogP contribution in [0, 0.1) is 0 Å². The molecule has 0 atom stereocenters. The van der Waals surface area contributed by atoms with Crippen molar-refractivity contribution in [1.29, 1.82) is 0 Å². The molecule has 0 aliphatic rings. The van der Waals surface area contributed by atoms with E-state index in [2.05, 4.69) is 6.92 Å². The van der Waals surface area contributed by atoms with Crippen LogP contribution < -0.4 is 4.90 Å². The van der Waals surface area contributed by atoms with Crippen LogP contribution in [-0.2, 0) is 0 Å². The van der Waals surface area contributed by atoms with Gasteiger partial charge in [-0.25, -0.2) is 0 Å². The van der Waals surface area contributed by atoms with Gasteiger partial charge >= 0.3 is 0 Å². The number of carbonyl (C=O) groups excluding carboxylic acids is 1. The molecule has 0 fully saturated rings. The number of hydrogen-bond acceptors (Lipinski definition) is 2. The third-order valence-electron chi connectivity index (χ3n) is 3.71. The molecule has 2 heteroatoms. The Morgan fingerprint density at radius 2 is 1.45 bits per heavy atom. The third-order valence-corrected chi connectivity index (χ3v) is 3.71. The predicted molar refractivity (Wildman–Crippen MR) is 87.7 cm³/mol. The number of rotatable bonds is 10. The Balaban J connectivity index is 2.22. The Bertz CT molecular complexity index is 381. The minimum atomic E-state index is 0.281. The van der Waals surface area contributed by atoms with Crippen molar-refractivity contribution in [3.05, 3.63) is 29.8 Å². The van der Waals surface area contributed by atoms with E-state index in [0.29, 0.717) is 6.42 Å². The van der Waals surface area contributed by atoms with E-state index in [0.717, 1.165) is 17.7 Å². The van der Waals surface area contributed by atoms with Crippen LogP contribution in [0.1, 0.15) is 68.6 Å². The summed E-state index contributed by atoms with van der Waals surface area (Å²) in [7, 11) is 4.02. The standard InChI is InChI=1S/C18H29NO/c1-4-5-6-7-8-9-10-11-18(20)16-12-14-17(15-13-16)19(2)3/h12-15H,4-11H2,1-3H3. The number of anilines is 1. The normalized spacial score (nSPS) is 10.6. The van der Waals surface area contributed by atoms with Gasteiger partial charge in [0.05, 0.1) is 0 Å². The highest BCUT2D eigenvalue weighted by molar-refractivity contribution is 5.96. The lowest BCUT2D eigenvalue weighted by Crippen LogP contribution is -2.08. The molecule has 0 N–H and O–H groups in total. The Kier molecular flexibility index (Phi) is 8.01. The summed E-state index contributed by atoms with van der Waals surface area (Å²) in [6.45, 7) is 2.24. The van der Waals surface area contributed by atoms with E-state index in [1.807, 2.05) is 43.3 Å². The molecule has 0 bridgehead atoms. The molecule has 1 aromatic rings. The van der Waals surface area contributed by atoms with Crippen molar-refractivity contribution in [1.82, 2.24) is 0 Å². The van der Waals surface area contributed by atoms with E-state index in [9.17, 15) is 4.79 Å². The van der Waals surface area contributed by atoms with E-state index in [4.69, 9.17) is 0 Å². The lowest BCUT2D eigenvalue weighted by molar-refractivity contribution is 0.0979. The second-order valence-electron chi connectivity index (χ2n) is 5.74. The maximum absolute atomic E-state index is 12.0. The lowest BCUT2D eigenvalue weighted by Gasteiger charge is -2.12. The summed E-state index contributed by atoms with van der Waals surface area (Å²) in [5, 5.41) is 0. The molecule has 0 unspecified atom stereocenters. The van der Waals surface area contributed by atoms with Crippen LogP contribution in [0.5, 0.6) is 0 Å². The summed E-state index contributed by atoms with van der Waals surface area (Å²) >= 11 is 0. The van der Waals surface area contributed by atoms with Gasteiger partial charge in [-0.05, 0) is 30.7 Å². The summed E-state index contributed by atoms with van der Waals surface area (Å²) in [6, 6.07) is 7.91. The summed E-state index contributed by atoms with van der Waals surface area (Å²) in [6.07, 6.45) is 9.47. The number of carbonyl (C=O) groups is 1. The molecule has 0 saturated carbocycles. The zero-order chi connectivity index (χ0) is 14.8. The van der Waals surface area contributed by atoms with E-state index in [1.165, 1.54) is 38.5 Å². The van der Waals surface area contributed by atoms with Crippen LogP contribution in [0.2, 0.25) is 0 Å². The molecule has 0 aliphatic carbocycles. The lowest BCUT2D eigenvalue weighted by atomic mass is 10.0. The maximum Gasteiger partial charge on any atom is 0.162 e. The number of benzene rings is 1. The molecule has 0 radical (unpaired) electrons. The van der Waals surface area contributed by atoms with Gasteiger partial charge in [-0.15, -0.1) is 0 Å². The summed E-state index contributed by atoms with van der Waals surface area (Å²) < 4.78 is 0. The third kappa shape index (κ3) is 6.23. The fourth-order valence-electron chi connectivity index (χ4n) is 2.33. The molecule has 1 rings (SSSR count). The molecular weight excluding hydrogens is 246 g/mol. The highest BCUT2D eigenvalue weighted by atomic mass is 16.1. The molecule has 0 aromatic heterocycles. The van der Waals surface area contributed by atoms with Crippen molar-refractivity contribution in [2.45, 2.75) is 58.3 Å². The van der Waals surface area contributed by atoms with Crippen LogP contribution in [0.3, 0.4) is 0 Å². The molecule has 0 amide bonds. The van der Waals surface area contributed by atoms with Gasteiger partial charge in [0.2, 0.25) is 0 Å². The largest absolute Gasteiger partial charge is 0.378 e. The number of nitrogens with zero attached hydrogens (tertiary/aromatic N) is 1. The minimum Gasteiger partial charge on any atom is -0.378 e. The number of unbranched alkanes of at least 4 members (excludes halogenated alkanes) is 6. The quantitative estimate of drug-likeness (QED) is 0.438. The second kappa shape index (κ2) is 9.57. The number of hydrogen-bond donors (Lipinski definition) is 0. The van der Waals surface area contributed by atoms with Gasteiger partial charge in [-0.1, -0.05) is 45.4 Å². The zero-order valence-corrected chi connectivity index (χ0v) is 13.3. The minimum absolute atomic E-state index is 0.281. The van der Waals surface area contributed by atoms with Gasteiger partial charge in [0, 0.05) is 31.8 Å². The Labute approximate surface area is 124 Å². The fourth-order valence-corrected chi connectivity index (χ4v) is 2.33. The van der Waals surface area contributed by atoms with Crippen molar-refractivity contribution >= 4 is 11.5 Å². The van der Waals surface area contributed by atoms with Gasteiger partial charge < -0.3 is 4.90 Å². The zero-order valence-electron chi connectivity index (χ0n) is 13.3. The van der Waals surface area contributed by atoms with Crippen LogP contribution >= 0.6 is 0 Å². The summed E-state index contributed by atoms with van der Waals surface area (Å²) in [5.41, 5.74) is 1.99. The van der Waals surface area contributed by atoms with E-state index < -0.39 is 0 Å². The molecule has 112 valence electrons. The summed E-state index contributed by atoms with van der Waals surface area (Å²) in [5.74, 6) is 0.281. The van der Waals surface area contributed by atoms with E-state index >= 15 is 0 Å². The molecule has 0 heterocycles. The fraction of sp³-hybridized carbons (Fsp3) is 0.611. The predicted octanol–water partition coefficient (Wildman–Crippen LogP) is 5.08. The van der Waals surface area contributed by atoms with Gasteiger partial charge in [0.25, 0.3) is 0 Å². The van der Waals surface area contributed by atoms with Crippen LogP contribution in [0.25, 0.3) is 0 Å². The molecule has 0 saturated heterocycles. The van der Waals surface area contributed by atoms with Gasteiger partial charge in [-0.3, -0.25) is 4.79 Å². The average Bonchev–Trinajstić information content (AvgIpc) is 2.46. The van der Waals surface area contributed by atoms with Crippen molar-refractivity contribution in [3.8, 4) is 0 Å². The topological polar surface area (TPSA) is 20.3 Å². The number of ketones is 1. The SMILES string of the molecule is CCCCCCCCCC(=O)c1ccc(N(C)C)cc1. The highest BCUT2D eigenvalue weighted by Crippen LogP contribution is 2.15. The van der Waals surface area contributed by atoms with Crippen LogP contribution in [-0.4, -0.2) is 19.9 Å². The van der Waals surface area contributed by atoms with Gasteiger partial charge in [0.15, 0.2) is 5.78 Å². The van der Waals surface area contributed by atoms with Crippen molar-refractivity contribution < 1.29 is 4.79 Å². The molecule has 20 heavy (non-hydrogen) atoms. The Morgan fingerprint density at radius 1 is 0.900 bits per heavy atom. The smallest absolute Gasteiger partial charge is 0.162 e. The molecular formula is C18H29NO. The first-order valence-electron chi connectivity index (χ1n) is 7.95. The molecule has 0 aliphatic heterocycles. The Hall–Kier alpha value is -1.31. The average molecular weight is 275 g/mol. The molecule has 0 spiro atoms. The first-order chi connectivity index (χ1) is 9.65. The van der Waals surface area contributed by atoms with Crippen molar-refractivity contribution in [3.63, 3.8) is 0 Å². The van der Waals surface area contributed by atoms with Crippen molar-refractivity contribution in [2.24, 2.45) is 0 Å². The van der Waals surface area contributed by atoms with Gasteiger partial charge in [0.1, 0.15) is 0 Å². The monoisotopic (exact) mass is 275 g/mol. The Morgan fingerprint density at radius 3 is 2.00 bits per heavy atom.